The summed E-state index contributed by atoms with van der Waals surface area (Å²) in [5, 5.41) is 5.72. The van der Waals surface area contributed by atoms with Crippen LogP contribution in [0.5, 0.6) is 5.75 Å². The molecule has 0 saturated heterocycles. The van der Waals surface area contributed by atoms with Gasteiger partial charge in [-0.1, -0.05) is 45.0 Å². The minimum Gasteiger partial charge on any atom is -0.481 e. The first-order valence-corrected chi connectivity index (χ1v) is 9.86. The van der Waals surface area contributed by atoms with Crippen molar-refractivity contribution in [2.75, 3.05) is 5.32 Å². The molecule has 0 bridgehead atoms. The molecule has 5 nitrogen and oxygen atoms in total. The summed E-state index contributed by atoms with van der Waals surface area (Å²) < 4.78 is 5.78. The lowest BCUT2D eigenvalue weighted by Crippen LogP contribution is -2.41. The number of amides is 2. The molecule has 0 saturated carbocycles. The van der Waals surface area contributed by atoms with Gasteiger partial charge in [-0.2, -0.15) is 0 Å². The summed E-state index contributed by atoms with van der Waals surface area (Å²) in [4.78, 5) is 25.2. The molecule has 0 radical (unpaired) electrons. The summed E-state index contributed by atoms with van der Waals surface area (Å²) >= 11 is 0. The van der Waals surface area contributed by atoms with Crippen LogP contribution < -0.4 is 15.4 Å². The zero-order chi connectivity index (χ0) is 21.8. The van der Waals surface area contributed by atoms with Crippen LogP contribution in [0, 0.1) is 0 Å². The number of rotatable bonds is 5. The van der Waals surface area contributed by atoms with Crippen molar-refractivity contribution in [2.24, 2.45) is 0 Å². The van der Waals surface area contributed by atoms with E-state index in [-0.39, 0.29) is 22.8 Å². The largest absolute Gasteiger partial charge is 0.481 e. The van der Waals surface area contributed by atoms with Gasteiger partial charge in [0.15, 0.2) is 6.10 Å². The summed E-state index contributed by atoms with van der Waals surface area (Å²) in [6.07, 6.45) is -0.714. The van der Waals surface area contributed by atoms with Gasteiger partial charge in [0.1, 0.15) is 5.75 Å². The third-order valence-corrected chi connectivity index (χ3v) is 4.32. The maximum absolute atomic E-state index is 12.6. The van der Waals surface area contributed by atoms with Crippen molar-refractivity contribution in [3.05, 3.63) is 59.7 Å². The van der Waals surface area contributed by atoms with Crippen LogP contribution in [0.15, 0.2) is 48.5 Å². The first-order valence-electron chi connectivity index (χ1n) is 9.86. The Kier molecular flexibility index (Phi) is 6.73. The van der Waals surface area contributed by atoms with Gasteiger partial charge in [0, 0.05) is 5.54 Å². The molecule has 0 fully saturated rings. The van der Waals surface area contributed by atoms with Crippen LogP contribution in [0.4, 0.5) is 5.69 Å². The first kappa shape index (κ1) is 22.5. The SMILES string of the molecule is C[C@@H](Oc1ccc(C(C)(C)C)cc1)C(=O)Nc1ccccc1C(=O)NC(C)(C)C. The smallest absolute Gasteiger partial charge is 0.265 e. The number of benzene rings is 2. The lowest BCUT2D eigenvalue weighted by Gasteiger charge is -2.22. The van der Waals surface area contributed by atoms with Crippen molar-refractivity contribution >= 4 is 17.5 Å². The van der Waals surface area contributed by atoms with E-state index in [2.05, 4.69) is 31.4 Å². The molecule has 2 aromatic carbocycles. The van der Waals surface area contributed by atoms with Crippen LogP contribution in [-0.4, -0.2) is 23.5 Å². The van der Waals surface area contributed by atoms with E-state index >= 15 is 0 Å². The Morgan fingerprint density at radius 3 is 2.03 bits per heavy atom. The van der Waals surface area contributed by atoms with Gasteiger partial charge in [0.05, 0.1) is 11.3 Å². The van der Waals surface area contributed by atoms with Gasteiger partial charge in [-0.05, 0) is 62.9 Å². The van der Waals surface area contributed by atoms with Crippen molar-refractivity contribution in [2.45, 2.75) is 65.5 Å². The summed E-state index contributed by atoms with van der Waals surface area (Å²) in [6, 6.07) is 14.7. The average Bonchev–Trinajstić information content (AvgIpc) is 2.60. The number of carbonyl (C=O) groups excluding carboxylic acids is 2. The Hall–Kier alpha value is -2.82. The Labute approximate surface area is 173 Å². The van der Waals surface area contributed by atoms with E-state index in [0.29, 0.717) is 17.0 Å². The molecule has 0 aliphatic carbocycles. The quantitative estimate of drug-likeness (QED) is 0.754. The molecule has 0 spiro atoms. The molecule has 0 aromatic heterocycles. The predicted molar refractivity (Wildman–Crippen MR) is 118 cm³/mol. The maximum Gasteiger partial charge on any atom is 0.265 e. The minimum absolute atomic E-state index is 0.0544. The molecule has 1 atom stereocenters. The van der Waals surface area contributed by atoms with Crippen LogP contribution >= 0.6 is 0 Å². The average molecular weight is 397 g/mol. The Morgan fingerprint density at radius 1 is 0.897 bits per heavy atom. The van der Waals surface area contributed by atoms with E-state index in [1.807, 2.05) is 45.0 Å². The molecule has 2 amide bonds. The molecule has 0 unspecified atom stereocenters. The zero-order valence-corrected chi connectivity index (χ0v) is 18.4. The minimum atomic E-state index is -0.714. The normalized spacial score (nSPS) is 12.8. The highest BCUT2D eigenvalue weighted by Gasteiger charge is 2.21. The Morgan fingerprint density at radius 2 is 1.48 bits per heavy atom. The fraction of sp³-hybridized carbons (Fsp3) is 0.417. The summed E-state index contributed by atoms with van der Waals surface area (Å²) in [5.41, 5.74) is 1.75. The second-order valence-electron chi connectivity index (χ2n) is 9.27. The summed E-state index contributed by atoms with van der Waals surface area (Å²) in [7, 11) is 0. The summed E-state index contributed by atoms with van der Waals surface area (Å²) in [6.45, 7) is 13.8. The molecular weight excluding hydrogens is 364 g/mol. The van der Waals surface area contributed by atoms with E-state index in [1.165, 1.54) is 5.56 Å². The zero-order valence-electron chi connectivity index (χ0n) is 18.4. The molecule has 0 heterocycles. The number of hydrogen-bond donors (Lipinski definition) is 2. The number of anilines is 1. The third-order valence-electron chi connectivity index (χ3n) is 4.32. The van der Waals surface area contributed by atoms with Crippen LogP contribution in [0.2, 0.25) is 0 Å². The van der Waals surface area contributed by atoms with Crippen LogP contribution in [0.25, 0.3) is 0 Å². The highest BCUT2D eigenvalue weighted by atomic mass is 16.5. The van der Waals surface area contributed by atoms with E-state index in [1.54, 1.807) is 31.2 Å². The Bertz CT molecular complexity index is 859. The van der Waals surface area contributed by atoms with Crippen LogP contribution in [0.3, 0.4) is 0 Å². The molecule has 2 rings (SSSR count). The van der Waals surface area contributed by atoms with E-state index < -0.39 is 6.10 Å². The number of carbonyl (C=O) groups is 2. The molecule has 156 valence electrons. The monoisotopic (exact) mass is 396 g/mol. The third kappa shape index (κ3) is 6.63. The fourth-order valence-electron chi connectivity index (χ4n) is 2.72. The standard InChI is InChI=1S/C24H32N2O3/c1-16(29-18-14-12-17(13-15-18)23(2,3)4)21(27)25-20-11-9-8-10-19(20)22(28)26-24(5,6)7/h8-16H,1-7H3,(H,25,27)(H,26,28)/t16-/m1/s1. The highest BCUT2D eigenvalue weighted by molar-refractivity contribution is 6.04. The number of para-hydroxylation sites is 1. The second kappa shape index (κ2) is 8.68. The van der Waals surface area contributed by atoms with Gasteiger partial charge in [-0.25, -0.2) is 0 Å². The van der Waals surface area contributed by atoms with Crippen molar-refractivity contribution in [1.29, 1.82) is 0 Å². The lowest BCUT2D eigenvalue weighted by molar-refractivity contribution is -0.122. The van der Waals surface area contributed by atoms with Crippen molar-refractivity contribution < 1.29 is 14.3 Å². The molecule has 29 heavy (non-hydrogen) atoms. The second-order valence-corrected chi connectivity index (χ2v) is 9.27. The fourth-order valence-corrected chi connectivity index (χ4v) is 2.72. The van der Waals surface area contributed by atoms with Crippen molar-refractivity contribution in [3.8, 4) is 5.75 Å². The summed E-state index contributed by atoms with van der Waals surface area (Å²) in [5.74, 6) is 0.0695. The lowest BCUT2D eigenvalue weighted by atomic mass is 9.87. The van der Waals surface area contributed by atoms with Gasteiger partial charge in [-0.15, -0.1) is 0 Å². The van der Waals surface area contributed by atoms with Gasteiger partial charge in [0.25, 0.3) is 11.8 Å². The van der Waals surface area contributed by atoms with E-state index in [0.717, 1.165) is 0 Å². The van der Waals surface area contributed by atoms with Gasteiger partial charge < -0.3 is 15.4 Å². The topological polar surface area (TPSA) is 67.4 Å². The van der Waals surface area contributed by atoms with Crippen LogP contribution in [0.1, 0.15) is 64.4 Å². The molecule has 2 aromatic rings. The van der Waals surface area contributed by atoms with Gasteiger partial charge >= 0.3 is 0 Å². The van der Waals surface area contributed by atoms with E-state index in [9.17, 15) is 9.59 Å². The molecule has 0 aliphatic heterocycles. The molecule has 0 aliphatic rings. The number of ether oxygens (including phenoxy) is 1. The number of hydrogen-bond acceptors (Lipinski definition) is 3. The first-order chi connectivity index (χ1) is 13.4. The number of nitrogens with one attached hydrogen (secondary N) is 2. The van der Waals surface area contributed by atoms with Crippen molar-refractivity contribution in [3.63, 3.8) is 0 Å². The highest BCUT2D eigenvalue weighted by Crippen LogP contribution is 2.25. The van der Waals surface area contributed by atoms with Crippen LogP contribution in [-0.2, 0) is 10.2 Å². The molecule has 2 N–H and O–H groups in total. The van der Waals surface area contributed by atoms with Gasteiger partial charge in [0.2, 0.25) is 0 Å². The molecule has 5 heteroatoms. The molecular formula is C24H32N2O3. The predicted octanol–water partition coefficient (Wildman–Crippen LogP) is 4.92. The van der Waals surface area contributed by atoms with Crippen molar-refractivity contribution in [1.82, 2.24) is 5.32 Å². The maximum atomic E-state index is 12.6. The van der Waals surface area contributed by atoms with Gasteiger partial charge in [-0.3, -0.25) is 9.59 Å². The van der Waals surface area contributed by atoms with E-state index in [4.69, 9.17) is 4.74 Å². The Balaban J connectivity index is 2.07.